The highest BCUT2D eigenvalue weighted by Gasteiger charge is 2.18. The Kier molecular flexibility index (Phi) is 7.06. The van der Waals surface area contributed by atoms with E-state index in [1.165, 1.54) is 6.33 Å². The van der Waals surface area contributed by atoms with Crippen molar-refractivity contribution in [2.75, 3.05) is 39.1 Å². The number of hydrogen-bond acceptors (Lipinski definition) is 8. The Labute approximate surface area is 193 Å². The second kappa shape index (κ2) is 10.5. The van der Waals surface area contributed by atoms with Gasteiger partial charge in [-0.05, 0) is 29.8 Å². The van der Waals surface area contributed by atoms with Crippen molar-refractivity contribution in [3.63, 3.8) is 0 Å². The maximum atomic E-state index is 12.1. The SMILES string of the molecule is COc1ccc2[nH]c(-c3nn(CCNC(=O)CCOCCN=[N+]=[N-])c4ncnc(N)c34)cc2c1. The number of nitrogen functional groups attached to an aromatic ring is 1. The molecule has 0 aliphatic heterocycles. The summed E-state index contributed by atoms with van der Waals surface area (Å²) in [6.07, 6.45) is 1.59. The van der Waals surface area contributed by atoms with Gasteiger partial charge in [-0.2, -0.15) is 5.10 Å². The monoisotopic (exact) mass is 464 g/mol. The number of fused-ring (bicyclic) bond motifs is 2. The molecule has 1 amide bonds. The van der Waals surface area contributed by atoms with Gasteiger partial charge < -0.3 is 25.5 Å². The second-order valence-corrected chi connectivity index (χ2v) is 7.33. The van der Waals surface area contributed by atoms with Crippen molar-refractivity contribution in [3.8, 4) is 17.1 Å². The molecule has 4 rings (SSSR count). The van der Waals surface area contributed by atoms with Crippen molar-refractivity contribution >= 4 is 33.7 Å². The smallest absolute Gasteiger partial charge is 0.222 e. The molecule has 0 aliphatic carbocycles. The van der Waals surface area contributed by atoms with Crippen LogP contribution in [0.2, 0.25) is 0 Å². The van der Waals surface area contributed by atoms with E-state index in [1.54, 1.807) is 11.8 Å². The number of ether oxygens (including phenoxy) is 2. The topological polar surface area (TPSA) is 182 Å². The lowest BCUT2D eigenvalue weighted by atomic mass is 10.2. The van der Waals surface area contributed by atoms with Crippen LogP contribution in [0.25, 0.3) is 43.8 Å². The minimum absolute atomic E-state index is 0.154. The molecular weight excluding hydrogens is 440 g/mol. The van der Waals surface area contributed by atoms with Crippen molar-refractivity contribution in [2.24, 2.45) is 5.11 Å². The van der Waals surface area contributed by atoms with Gasteiger partial charge in [0.15, 0.2) is 5.65 Å². The van der Waals surface area contributed by atoms with Crippen molar-refractivity contribution in [2.45, 2.75) is 13.0 Å². The molecule has 3 heterocycles. The molecule has 176 valence electrons. The van der Waals surface area contributed by atoms with Crippen LogP contribution in [0.1, 0.15) is 6.42 Å². The summed E-state index contributed by atoms with van der Waals surface area (Å²) in [6.45, 7) is 1.51. The van der Waals surface area contributed by atoms with Gasteiger partial charge in [-0.15, -0.1) is 0 Å². The summed E-state index contributed by atoms with van der Waals surface area (Å²) in [6, 6.07) is 7.72. The van der Waals surface area contributed by atoms with Gasteiger partial charge in [-0.1, -0.05) is 5.11 Å². The van der Waals surface area contributed by atoms with Crippen LogP contribution in [-0.2, 0) is 16.1 Å². The zero-order valence-electron chi connectivity index (χ0n) is 18.6. The van der Waals surface area contributed by atoms with Crippen molar-refractivity contribution in [1.82, 2.24) is 30.0 Å². The standard InChI is InChI=1S/C21H24N10O3/c1-33-14-2-3-15-13(10-14)11-16(28-15)19-18-20(22)25-12-26-21(18)31(29-19)7-5-24-17(32)4-8-34-9-6-27-30-23/h2-3,10-12,28H,4-9H2,1H3,(H,24,32)(H2,22,25,26). The number of anilines is 1. The number of nitrogens with two attached hydrogens (primary N) is 1. The number of nitrogens with one attached hydrogen (secondary N) is 2. The molecule has 1 aromatic carbocycles. The number of hydrogen-bond donors (Lipinski definition) is 3. The zero-order valence-corrected chi connectivity index (χ0v) is 18.6. The van der Waals surface area contributed by atoms with E-state index in [2.05, 4.69) is 30.3 Å². The lowest BCUT2D eigenvalue weighted by Gasteiger charge is -2.06. The number of methoxy groups -OCH3 is 1. The molecule has 34 heavy (non-hydrogen) atoms. The number of azide groups is 1. The van der Waals surface area contributed by atoms with Crippen molar-refractivity contribution in [3.05, 3.63) is 41.0 Å². The normalized spacial score (nSPS) is 11.0. The van der Waals surface area contributed by atoms with Gasteiger partial charge in [0.05, 0.1) is 37.9 Å². The number of amides is 1. The molecule has 0 radical (unpaired) electrons. The van der Waals surface area contributed by atoms with E-state index in [-0.39, 0.29) is 32.1 Å². The lowest BCUT2D eigenvalue weighted by Crippen LogP contribution is -2.28. The molecule has 0 atom stereocenters. The van der Waals surface area contributed by atoms with E-state index in [9.17, 15) is 4.79 Å². The van der Waals surface area contributed by atoms with E-state index in [4.69, 9.17) is 25.8 Å². The molecule has 0 bridgehead atoms. The number of rotatable bonds is 11. The van der Waals surface area contributed by atoms with Crippen LogP contribution in [0.4, 0.5) is 5.82 Å². The quantitative estimate of drug-likeness (QED) is 0.132. The summed E-state index contributed by atoms with van der Waals surface area (Å²) >= 11 is 0. The van der Waals surface area contributed by atoms with Gasteiger partial charge in [-0.3, -0.25) is 4.79 Å². The third-order valence-corrected chi connectivity index (χ3v) is 5.16. The third-order valence-electron chi connectivity index (χ3n) is 5.16. The minimum atomic E-state index is -0.154. The van der Waals surface area contributed by atoms with Gasteiger partial charge in [0.1, 0.15) is 23.6 Å². The Morgan fingerprint density at radius 3 is 3.03 bits per heavy atom. The molecule has 4 N–H and O–H groups in total. The highest BCUT2D eigenvalue weighted by molar-refractivity contribution is 6.00. The fourth-order valence-electron chi connectivity index (χ4n) is 3.55. The first-order valence-corrected chi connectivity index (χ1v) is 10.6. The first kappa shape index (κ1) is 22.8. The van der Waals surface area contributed by atoms with Crippen LogP contribution >= 0.6 is 0 Å². The second-order valence-electron chi connectivity index (χ2n) is 7.33. The summed E-state index contributed by atoms with van der Waals surface area (Å²) in [5, 5.41) is 12.5. The van der Waals surface area contributed by atoms with Gasteiger partial charge in [0.2, 0.25) is 5.91 Å². The largest absolute Gasteiger partial charge is 0.497 e. The van der Waals surface area contributed by atoms with E-state index in [1.807, 2.05) is 24.3 Å². The van der Waals surface area contributed by atoms with Crippen molar-refractivity contribution < 1.29 is 14.3 Å². The van der Waals surface area contributed by atoms with E-state index in [0.29, 0.717) is 35.6 Å². The molecule has 13 heteroatoms. The fraction of sp³-hybridized carbons (Fsp3) is 0.333. The van der Waals surface area contributed by atoms with Crippen LogP contribution in [0.15, 0.2) is 35.7 Å². The predicted octanol–water partition coefficient (Wildman–Crippen LogP) is 2.40. The van der Waals surface area contributed by atoms with E-state index < -0.39 is 0 Å². The van der Waals surface area contributed by atoms with Gasteiger partial charge >= 0.3 is 0 Å². The Hall–Kier alpha value is -4.35. The number of aromatic nitrogens is 5. The van der Waals surface area contributed by atoms with E-state index >= 15 is 0 Å². The molecular formula is C21H24N10O3. The highest BCUT2D eigenvalue weighted by Crippen LogP contribution is 2.32. The van der Waals surface area contributed by atoms with Crippen LogP contribution in [0.3, 0.4) is 0 Å². The number of carbonyl (C=O) groups excluding carboxylic acids is 1. The van der Waals surface area contributed by atoms with Crippen LogP contribution < -0.4 is 15.8 Å². The zero-order chi connectivity index (χ0) is 23.9. The summed E-state index contributed by atoms with van der Waals surface area (Å²) < 4.78 is 12.3. The number of benzene rings is 1. The maximum Gasteiger partial charge on any atom is 0.222 e. The van der Waals surface area contributed by atoms with E-state index in [0.717, 1.165) is 22.3 Å². The van der Waals surface area contributed by atoms with Gasteiger partial charge in [-0.25, -0.2) is 14.6 Å². The van der Waals surface area contributed by atoms with Gasteiger partial charge in [0, 0.05) is 35.3 Å². The Balaban J connectivity index is 1.47. The molecule has 0 unspecified atom stereocenters. The lowest BCUT2D eigenvalue weighted by molar-refractivity contribution is -0.122. The number of aromatic amines is 1. The summed E-state index contributed by atoms with van der Waals surface area (Å²) in [4.78, 5) is 26.5. The van der Waals surface area contributed by atoms with Gasteiger partial charge in [0.25, 0.3) is 0 Å². The van der Waals surface area contributed by atoms with Crippen LogP contribution in [0, 0.1) is 0 Å². The molecule has 0 saturated heterocycles. The Morgan fingerprint density at radius 1 is 1.32 bits per heavy atom. The molecule has 0 aliphatic rings. The molecule has 0 fully saturated rings. The van der Waals surface area contributed by atoms with Crippen molar-refractivity contribution in [1.29, 1.82) is 0 Å². The Morgan fingerprint density at radius 2 is 2.21 bits per heavy atom. The van der Waals surface area contributed by atoms with Crippen LogP contribution in [0.5, 0.6) is 5.75 Å². The minimum Gasteiger partial charge on any atom is -0.497 e. The van der Waals surface area contributed by atoms with Crippen LogP contribution in [-0.4, -0.2) is 64.1 Å². The molecule has 0 saturated carbocycles. The molecule has 0 spiro atoms. The molecule has 4 aromatic rings. The summed E-state index contributed by atoms with van der Waals surface area (Å²) in [5.74, 6) is 0.927. The first-order valence-electron chi connectivity index (χ1n) is 10.6. The molecule has 13 nitrogen and oxygen atoms in total. The summed E-state index contributed by atoms with van der Waals surface area (Å²) in [5.41, 5.74) is 17.3. The number of carbonyl (C=O) groups is 1. The predicted molar refractivity (Wildman–Crippen MR) is 126 cm³/mol. The fourth-order valence-corrected chi connectivity index (χ4v) is 3.55. The number of H-pyrrole nitrogens is 1. The summed E-state index contributed by atoms with van der Waals surface area (Å²) in [7, 11) is 1.62. The average Bonchev–Trinajstić information content (AvgIpc) is 3.43. The number of nitrogens with zero attached hydrogens (tertiary/aromatic N) is 7. The highest BCUT2D eigenvalue weighted by atomic mass is 16.5. The molecule has 3 aromatic heterocycles. The maximum absolute atomic E-state index is 12.1. The third kappa shape index (κ3) is 5.00. The average molecular weight is 464 g/mol. The Bertz CT molecular complexity index is 1360. The first-order chi connectivity index (χ1) is 16.6.